The van der Waals surface area contributed by atoms with Gasteiger partial charge in [0.25, 0.3) is 0 Å². The average Bonchev–Trinajstić information content (AvgIpc) is 2.75. The zero-order chi connectivity index (χ0) is 12.3. The van der Waals surface area contributed by atoms with Gasteiger partial charge >= 0.3 is 0 Å². The molecule has 0 heterocycles. The molecule has 0 bridgehead atoms. The van der Waals surface area contributed by atoms with Gasteiger partial charge in [0, 0.05) is 25.2 Å². The molecule has 3 nitrogen and oxygen atoms in total. The van der Waals surface area contributed by atoms with Gasteiger partial charge in [-0.05, 0) is 50.9 Å². The molecule has 4 unspecified atom stereocenters. The fourth-order valence-electron chi connectivity index (χ4n) is 3.66. The van der Waals surface area contributed by atoms with E-state index in [-0.39, 0.29) is 5.54 Å². The fraction of sp³-hybridized carbons (Fsp3) is 1.00. The van der Waals surface area contributed by atoms with Gasteiger partial charge in [-0.1, -0.05) is 6.92 Å². The molecule has 4 atom stereocenters. The third-order valence-corrected chi connectivity index (χ3v) is 4.73. The molecule has 3 N–H and O–H groups in total. The summed E-state index contributed by atoms with van der Waals surface area (Å²) >= 11 is 0. The molecule has 2 fully saturated rings. The molecule has 2 aliphatic rings. The van der Waals surface area contributed by atoms with Gasteiger partial charge in [-0.3, -0.25) is 0 Å². The number of hydrogen-bond donors (Lipinski definition) is 2. The van der Waals surface area contributed by atoms with E-state index in [1.165, 1.54) is 38.5 Å². The highest BCUT2D eigenvalue weighted by atomic mass is 16.5. The SMILES string of the molecule is COC1CCCC(CN)(NC2CCC(C)C2)C1. The number of nitrogens with one attached hydrogen (secondary N) is 1. The second-order valence-corrected chi connectivity index (χ2v) is 6.20. The Kier molecular flexibility index (Phi) is 4.45. The van der Waals surface area contributed by atoms with E-state index in [4.69, 9.17) is 10.5 Å². The first-order chi connectivity index (χ1) is 8.17. The summed E-state index contributed by atoms with van der Waals surface area (Å²) < 4.78 is 5.54. The van der Waals surface area contributed by atoms with Crippen LogP contribution >= 0.6 is 0 Å². The molecule has 2 rings (SSSR count). The maximum absolute atomic E-state index is 6.05. The molecule has 0 aromatic rings. The second-order valence-electron chi connectivity index (χ2n) is 6.20. The molecule has 2 aliphatic carbocycles. The van der Waals surface area contributed by atoms with Crippen LogP contribution in [0.4, 0.5) is 0 Å². The van der Waals surface area contributed by atoms with Crippen molar-refractivity contribution in [1.29, 1.82) is 0 Å². The predicted molar refractivity (Wildman–Crippen MR) is 71.0 cm³/mol. The van der Waals surface area contributed by atoms with Gasteiger partial charge in [0.05, 0.1) is 6.10 Å². The van der Waals surface area contributed by atoms with Crippen molar-refractivity contribution in [2.24, 2.45) is 11.7 Å². The van der Waals surface area contributed by atoms with Gasteiger partial charge in [0.1, 0.15) is 0 Å². The molecule has 100 valence electrons. The van der Waals surface area contributed by atoms with Gasteiger partial charge in [-0.25, -0.2) is 0 Å². The van der Waals surface area contributed by atoms with Gasteiger partial charge < -0.3 is 15.8 Å². The summed E-state index contributed by atoms with van der Waals surface area (Å²) in [6, 6.07) is 0.684. The van der Waals surface area contributed by atoms with Crippen LogP contribution in [0.2, 0.25) is 0 Å². The van der Waals surface area contributed by atoms with Gasteiger partial charge in [-0.2, -0.15) is 0 Å². The molecular weight excluding hydrogens is 212 g/mol. The Morgan fingerprint density at radius 2 is 2.18 bits per heavy atom. The van der Waals surface area contributed by atoms with Crippen LogP contribution in [-0.2, 0) is 4.74 Å². The number of rotatable bonds is 4. The van der Waals surface area contributed by atoms with Gasteiger partial charge in [0.2, 0.25) is 0 Å². The quantitative estimate of drug-likeness (QED) is 0.790. The lowest BCUT2D eigenvalue weighted by Crippen LogP contribution is -2.58. The standard InChI is InChI=1S/C14H28N2O/c1-11-5-6-12(8-11)16-14(10-15)7-3-4-13(9-14)17-2/h11-13,16H,3-10,15H2,1-2H3. The summed E-state index contributed by atoms with van der Waals surface area (Å²) in [4.78, 5) is 0. The Morgan fingerprint density at radius 1 is 1.35 bits per heavy atom. The van der Waals surface area contributed by atoms with Crippen LogP contribution < -0.4 is 11.1 Å². The molecular formula is C14H28N2O. The number of hydrogen-bond acceptors (Lipinski definition) is 3. The van der Waals surface area contributed by atoms with Crippen molar-refractivity contribution in [1.82, 2.24) is 5.32 Å². The minimum absolute atomic E-state index is 0.146. The third-order valence-electron chi connectivity index (χ3n) is 4.73. The van der Waals surface area contributed by atoms with Crippen LogP contribution in [0.15, 0.2) is 0 Å². The zero-order valence-corrected chi connectivity index (χ0v) is 11.4. The maximum Gasteiger partial charge on any atom is 0.0589 e. The summed E-state index contributed by atoms with van der Waals surface area (Å²) in [6.45, 7) is 3.10. The van der Waals surface area contributed by atoms with Crippen LogP contribution in [0.3, 0.4) is 0 Å². The van der Waals surface area contributed by atoms with E-state index in [0.29, 0.717) is 12.1 Å². The highest BCUT2D eigenvalue weighted by Crippen LogP contribution is 2.33. The topological polar surface area (TPSA) is 47.3 Å². The Morgan fingerprint density at radius 3 is 2.76 bits per heavy atom. The molecule has 3 heteroatoms. The molecule has 0 aromatic carbocycles. The number of nitrogens with two attached hydrogens (primary N) is 1. The third kappa shape index (κ3) is 3.21. The number of ether oxygens (including phenoxy) is 1. The Bertz CT molecular complexity index is 246. The summed E-state index contributed by atoms with van der Waals surface area (Å²) in [7, 11) is 1.83. The van der Waals surface area contributed by atoms with Gasteiger partial charge in [-0.15, -0.1) is 0 Å². The fourth-order valence-corrected chi connectivity index (χ4v) is 3.66. The Balaban J connectivity index is 1.93. The normalized spacial score (nSPS) is 42.9. The van der Waals surface area contributed by atoms with E-state index in [9.17, 15) is 0 Å². The highest BCUT2D eigenvalue weighted by molar-refractivity contribution is 4.98. The van der Waals surface area contributed by atoms with Crippen molar-refractivity contribution >= 4 is 0 Å². The van der Waals surface area contributed by atoms with Crippen molar-refractivity contribution in [3.05, 3.63) is 0 Å². The first-order valence-electron chi connectivity index (χ1n) is 7.18. The van der Waals surface area contributed by atoms with Crippen molar-refractivity contribution in [3.63, 3.8) is 0 Å². The molecule has 17 heavy (non-hydrogen) atoms. The Hall–Kier alpha value is -0.120. The predicted octanol–water partition coefficient (Wildman–Crippen LogP) is 2.05. The average molecular weight is 240 g/mol. The lowest BCUT2D eigenvalue weighted by Gasteiger charge is -2.42. The van der Waals surface area contributed by atoms with Crippen molar-refractivity contribution in [3.8, 4) is 0 Å². The molecule has 0 aromatic heterocycles. The van der Waals surface area contributed by atoms with Crippen LogP contribution in [0.25, 0.3) is 0 Å². The molecule has 2 saturated carbocycles. The van der Waals surface area contributed by atoms with Crippen molar-refractivity contribution in [2.45, 2.75) is 69.6 Å². The summed E-state index contributed by atoms with van der Waals surface area (Å²) in [5.41, 5.74) is 6.20. The molecule has 0 radical (unpaired) electrons. The van der Waals surface area contributed by atoms with E-state index >= 15 is 0 Å². The van der Waals surface area contributed by atoms with E-state index in [0.717, 1.165) is 18.9 Å². The van der Waals surface area contributed by atoms with E-state index in [1.54, 1.807) is 0 Å². The second kappa shape index (κ2) is 5.68. The zero-order valence-electron chi connectivity index (χ0n) is 11.4. The first-order valence-corrected chi connectivity index (χ1v) is 7.18. The monoisotopic (exact) mass is 240 g/mol. The minimum atomic E-state index is 0.146. The lowest BCUT2D eigenvalue weighted by atomic mass is 9.79. The maximum atomic E-state index is 6.05. The highest BCUT2D eigenvalue weighted by Gasteiger charge is 2.38. The van der Waals surface area contributed by atoms with Crippen molar-refractivity contribution in [2.75, 3.05) is 13.7 Å². The minimum Gasteiger partial charge on any atom is -0.381 e. The van der Waals surface area contributed by atoms with Crippen LogP contribution in [-0.4, -0.2) is 31.3 Å². The number of methoxy groups -OCH3 is 1. The smallest absolute Gasteiger partial charge is 0.0589 e. The molecule has 0 amide bonds. The molecule has 0 aliphatic heterocycles. The van der Waals surface area contributed by atoms with E-state index in [1.807, 2.05) is 7.11 Å². The van der Waals surface area contributed by atoms with Crippen molar-refractivity contribution < 1.29 is 4.74 Å². The van der Waals surface area contributed by atoms with Crippen LogP contribution in [0.5, 0.6) is 0 Å². The molecule has 0 saturated heterocycles. The Labute approximate surface area is 105 Å². The van der Waals surface area contributed by atoms with Gasteiger partial charge in [0.15, 0.2) is 0 Å². The molecule has 0 spiro atoms. The van der Waals surface area contributed by atoms with E-state index in [2.05, 4.69) is 12.2 Å². The van der Waals surface area contributed by atoms with Crippen LogP contribution in [0.1, 0.15) is 51.9 Å². The van der Waals surface area contributed by atoms with E-state index < -0.39 is 0 Å². The largest absolute Gasteiger partial charge is 0.381 e. The first kappa shape index (κ1) is 13.3. The summed E-state index contributed by atoms with van der Waals surface area (Å²) in [5, 5.41) is 3.87. The summed E-state index contributed by atoms with van der Waals surface area (Å²) in [6.07, 6.45) is 9.15. The van der Waals surface area contributed by atoms with Crippen LogP contribution in [0, 0.1) is 5.92 Å². The lowest BCUT2D eigenvalue weighted by molar-refractivity contribution is 0.0293. The summed E-state index contributed by atoms with van der Waals surface area (Å²) in [5.74, 6) is 0.879.